The Labute approximate surface area is 167 Å². The fraction of sp³-hybridized carbons (Fsp3) is 0.292. The lowest BCUT2D eigenvalue weighted by Gasteiger charge is -2.25. The molecule has 4 nitrogen and oxygen atoms in total. The van der Waals surface area contributed by atoms with Crippen molar-refractivity contribution in [2.75, 3.05) is 24.2 Å². The molecule has 1 aliphatic rings. The van der Waals surface area contributed by atoms with Crippen LogP contribution in [0.2, 0.25) is 0 Å². The Kier molecular flexibility index (Phi) is 6.00. The Hall–Kier alpha value is -2.85. The lowest BCUT2D eigenvalue weighted by atomic mass is 9.84. The van der Waals surface area contributed by atoms with E-state index < -0.39 is 0 Å². The number of hydrogen-bond acceptors (Lipinski definition) is 3. The second kappa shape index (κ2) is 8.44. The van der Waals surface area contributed by atoms with Gasteiger partial charge in [-0.2, -0.15) is 0 Å². The number of benzene rings is 2. The first kappa shape index (κ1) is 19.9. The minimum atomic E-state index is -0.107. The number of rotatable bonds is 6. The fourth-order valence-electron chi connectivity index (χ4n) is 3.58. The normalized spacial score (nSPS) is 14.9. The van der Waals surface area contributed by atoms with Gasteiger partial charge < -0.3 is 16.0 Å². The van der Waals surface area contributed by atoms with Gasteiger partial charge in [-0.05, 0) is 42.8 Å². The summed E-state index contributed by atoms with van der Waals surface area (Å²) in [5.41, 5.74) is 5.77. The Balaban J connectivity index is 1.79. The molecule has 2 aromatic rings. The van der Waals surface area contributed by atoms with E-state index in [0.717, 1.165) is 35.5 Å². The highest BCUT2D eigenvalue weighted by atomic mass is 16.1. The molecule has 0 bridgehead atoms. The topological polar surface area (TPSA) is 53.2 Å². The van der Waals surface area contributed by atoms with Crippen molar-refractivity contribution in [1.82, 2.24) is 5.32 Å². The van der Waals surface area contributed by atoms with E-state index in [9.17, 15) is 4.79 Å². The molecule has 4 heteroatoms. The third-order valence-electron chi connectivity index (χ3n) is 5.08. The van der Waals surface area contributed by atoms with E-state index in [1.807, 2.05) is 43.4 Å². The van der Waals surface area contributed by atoms with Crippen LogP contribution < -0.4 is 16.0 Å². The summed E-state index contributed by atoms with van der Waals surface area (Å²) in [4.78, 5) is 13.0. The van der Waals surface area contributed by atoms with E-state index >= 15 is 0 Å². The van der Waals surface area contributed by atoms with Crippen molar-refractivity contribution in [3.05, 3.63) is 77.5 Å². The van der Waals surface area contributed by atoms with E-state index in [1.165, 1.54) is 5.56 Å². The molecule has 0 spiro atoms. The number of fused-ring (bicyclic) bond motifs is 1. The van der Waals surface area contributed by atoms with E-state index in [4.69, 9.17) is 0 Å². The van der Waals surface area contributed by atoms with Crippen LogP contribution in [0.25, 0.3) is 5.57 Å². The van der Waals surface area contributed by atoms with Gasteiger partial charge in [-0.25, -0.2) is 0 Å². The molecule has 0 unspecified atom stereocenters. The largest absolute Gasteiger partial charge is 0.360 e. The predicted molar refractivity (Wildman–Crippen MR) is 118 cm³/mol. The van der Waals surface area contributed by atoms with Gasteiger partial charge in [0.25, 0.3) is 5.91 Å². The Morgan fingerprint density at radius 3 is 2.50 bits per heavy atom. The summed E-state index contributed by atoms with van der Waals surface area (Å²) in [6, 6.07) is 16.2. The fourth-order valence-corrected chi connectivity index (χ4v) is 3.58. The first-order chi connectivity index (χ1) is 13.5. The monoisotopic (exact) mass is 375 g/mol. The minimum Gasteiger partial charge on any atom is -0.360 e. The third kappa shape index (κ3) is 4.18. The standard InChI is InChI=1S/C24H29N3O/c1-5-8-19-20-9-6-7-10-22(20)26-15-21(19)23(28)27-18-13-11-17(12-14-18)24(2,3)16-25-4/h6-15,25-26H,5,16H2,1-4H3,(H,27,28)/b19-8+. The molecule has 1 heterocycles. The number of hydrogen-bond donors (Lipinski definition) is 3. The van der Waals surface area contributed by atoms with Crippen LogP contribution >= 0.6 is 0 Å². The van der Waals surface area contributed by atoms with Gasteiger partial charge in [-0.3, -0.25) is 4.79 Å². The maximum atomic E-state index is 13.0. The van der Waals surface area contributed by atoms with Crippen LogP contribution in [-0.2, 0) is 10.2 Å². The molecule has 0 aliphatic carbocycles. The quantitative estimate of drug-likeness (QED) is 0.671. The third-order valence-corrected chi connectivity index (χ3v) is 5.08. The highest BCUT2D eigenvalue weighted by molar-refractivity contribution is 6.17. The minimum absolute atomic E-state index is 0.0356. The van der Waals surface area contributed by atoms with Crippen molar-refractivity contribution in [1.29, 1.82) is 0 Å². The zero-order valence-electron chi connectivity index (χ0n) is 17.1. The number of carbonyl (C=O) groups is 1. The van der Waals surface area contributed by atoms with Crippen molar-refractivity contribution in [2.24, 2.45) is 0 Å². The molecule has 0 fully saturated rings. The second-order valence-corrected chi connectivity index (χ2v) is 7.72. The van der Waals surface area contributed by atoms with Crippen molar-refractivity contribution >= 4 is 22.9 Å². The summed E-state index contributed by atoms with van der Waals surface area (Å²) in [6.07, 6.45) is 4.77. The van der Waals surface area contributed by atoms with Crippen LogP contribution in [0, 0.1) is 0 Å². The van der Waals surface area contributed by atoms with Gasteiger partial charge in [0.05, 0.1) is 5.57 Å². The van der Waals surface area contributed by atoms with Crippen molar-refractivity contribution in [2.45, 2.75) is 32.6 Å². The van der Waals surface area contributed by atoms with Gasteiger partial charge in [0.2, 0.25) is 0 Å². The summed E-state index contributed by atoms with van der Waals surface area (Å²) in [5.74, 6) is -0.107. The smallest absolute Gasteiger partial charge is 0.257 e. The van der Waals surface area contributed by atoms with Gasteiger partial charge in [-0.15, -0.1) is 0 Å². The lowest BCUT2D eigenvalue weighted by molar-refractivity contribution is -0.112. The number of allylic oxidation sites excluding steroid dienone is 1. The summed E-state index contributed by atoms with van der Waals surface area (Å²) < 4.78 is 0. The van der Waals surface area contributed by atoms with E-state index in [0.29, 0.717) is 5.57 Å². The number of anilines is 2. The lowest BCUT2D eigenvalue weighted by Crippen LogP contribution is -2.30. The van der Waals surface area contributed by atoms with Crippen LogP contribution in [0.15, 0.2) is 66.4 Å². The van der Waals surface area contributed by atoms with Crippen LogP contribution in [0.3, 0.4) is 0 Å². The summed E-state index contributed by atoms with van der Waals surface area (Å²) in [7, 11) is 1.96. The first-order valence-electron chi connectivity index (χ1n) is 9.79. The van der Waals surface area contributed by atoms with Gasteiger partial charge in [0, 0.05) is 35.1 Å². The molecule has 1 amide bonds. The number of para-hydroxylation sites is 1. The molecule has 28 heavy (non-hydrogen) atoms. The molecule has 3 N–H and O–H groups in total. The summed E-state index contributed by atoms with van der Waals surface area (Å²) >= 11 is 0. The SMILES string of the molecule is CC/C=C1/C(C(=O)Nc2ccc(C(C)(C)CNC)cc2)=CNc2ccccc21. The first-order valence-corrected chi connectivity index (χ1v) is 9.79. The van der Waals surface area contributed by atoms with Gasteiger partial charge in [0.15, 0.2) is 0 Å². The molecular formula is C24H29N3O. The van der Waals surface area contributed by atoms with Crippen LogP contribution in [0.1, 0.15) is 38.3 Å². The maximum absolute atomic E-state index is 13.0. The Bertz CT molecular complexity index is 908. The Morgan fingerprint density at radius 2 is 1.82 bits per heavy atom. The highest BCUT2D eigenvalue weighted by Gasteiger charge is 2.23. The van der Waals surface area contributed by atoms with Crippen LogP contribution in [0.5, 0.6) is 0 Å². The molecule has 1 aliphatic heterocycles. The predicted octanol–water partition coefficient (Wildman–Crippen LogP) is 4.93. The number of carbonyl (C=O) groups excluding carboxylic acids is 1. The van der Waals surface area contributed by atoms with Gasteiger partial charge in [-0.1, -0.05) is 57.2 Å². The van der Waals surface area contributed by atoms with E-state index in [2.05, 4.69) is 54.9 Å². The van der Waals surface area contributed by atoms with Gasteiger partial charge >= 0.3 is 0 Å². The molecule has 0 atom stereocenters. The average molecular weight is 376 g/mol. The maximum Gasteiger partial charge on any atom is 0.257 e. The van der Waals surface area contributed by atoms with Crippen molar-refractivity contribution < 1.29 is 4.79 Å². The van der Waals surface area contributed by atoms with E-state index in [1.54, 1.807) is 6.20 Å². The number of likely N-dealkylation sites (N-methyl/N-ethyl adjacent to an activating group) is 1. The molecule has 3 rings (SSSR count). The molecule has 2 aromatic carbocycles. The van der Waals surface area contributed by atoms with Crippen LogP contribution in [0.4, 0.5) is 11.4 Å². The molecule has 0 saturated heterocycles. The summed E-state index contributed by atoms with van der Waals surface area (Å²) in [6.45, 7) is 7.38. The number of nitrogens with one attached hydrogen (secondary N) is 3. The van der Waals surface area contributed by atoms with E-state index in [-0.39, 0.29) is 11.3 Å². The van der Waals surface area contributed by atoms with Crippen LogP contribution in [-0.4, -0.2) is 19.5 Å². The Morgan fingerprint density at radius 1 is 1.11 bits per heavy atom. The highest BCUT2D eigenvalue weighted by Crippen LogP contribution is 2.34. The second-order valence-electron chi connectivity index (χ2n) is 7.72. The molecule has 0 radical (unpaired) electrons. The number of amides is 1. The van der Waals surface area contributed by atoms with Crippen molar-refractivity contribution in [3.8, 4) is 0 Å². The molecular weight excluding hydrogens is 346 g/mol. The van der Waals surface area contributed by atoms with Gasteiger partial charge in [0.1, 0.15) is 0 Å². The molecule has 146 valence electrons. The molecule has 0 saturated carbocycles. The zero-order chi connectivity index (χ0) is 20.1. The zero-order valence-corrected chi connectivity index (χ0v) is 17.1. The summed E-state index contributed by atoms with van der Waals surface area (Å²) in [5, 5.41) is 9.51. The van der Waals surface area contributed by atoms with Crippen molar-refractivity contribution in [3.63, 3.8) is 0 Å². The average Bonchev–Trinajstić information content (AvgIpc) is 2.69. The molecule has 0 aromatic heterocycles.